The molecule has 0 atom stereocenters. The average molecular weight is 323 g/mol. The highest BCUT2D eigenvalue weighted by Crippen LogP contribution is 2.32. The molecule has 1 aromatic heterocycles. The van der Waals surface area contributed by atoms with E-state index in [4.69, 9.17) is 11.6 Å². The molecule has 0 spiro atoms. The quantitative estimate of drug-likeness (QED) is 0.533. The Morgan fingerprint density at radius 2 is 2.31 bits per heavy atom. The molecule has 0 saturated heterocycles. The fraction of sp³-hybridized carbons (Fsp3) is 0.200. The molecule has 0 aliphatic rings. The third kappa shape index (κ3) is 1.60. The first-order valence-electron chi connectivity index (χ1n) is 3.95. The molecule has 2 rings (SSSR count). The Morgan fingerprint density at radius 3 is 3.00 bits per heavy atom. The summed E-state index contributed by atoms with van der Waals surface area (Å²) in [6.45, 7) is 2.13. The molecule has 0 unspecified atom stereocenters. The first-order valence-corrected chi connectivity index (χ1v) is 6.44. The highest BCUT2D eigenvalue weighted by molar-refractivity contribution is 14.1. The fourth-order valence-corrected chi connectivity index (χ4v) is 3.43. The molecule has 0 N–H and O–H groups in total. The Morgan fingerprint density at radius 1 is 1.54 bits per heavy atom. The number of rotatable bonds is 1. The third-order valence-electron chi connectivity index (χ3n) is 2.07. The van der Waals surface area contributed by atoms with Gasteiger partial charge >= 0.3 is 0 Å². The summed E-state index contributed by atoms with van der Waals surface area (Å²) in [5.41, 5.74) is 2.58. The maximum absolute atomic E-state index is 5.89. The molecule has 13 heavy (non-hydrogen) atoms. The van der Waals surface area contributed by atoms with Crippen LogP contribution in [0.15, 0.2) is 17.5 Å². The van der Waals surface area contributed by atoms with Crippen molar-refractivity contribution in [1.82, 2.24) is 0 Å². The molecular formula is C10H8ClIS. The van der Waals surface area contributed by atoms with Crippen molar-refractivity contribution in [2.75, 3.05) is 0 Å². The normalized spacial score (nSPS) is 11.0. The van der Waals surface area contributed by atoms with Gasteiger partial charge in [0.2, 0.25) is 0 Å². The van der Waals surface area contributed by atoms with Gasteiger partial charge in [0.15, 0.2) is 0 Å². The van der Waals surface area contributed by atoms with Crippen molar-refractivity contribution in [3.63, 3.8) is 0 Å². The molecule has 0 bridgehead atoms. The van der Waals surface area contributed by atoms with Gasteiger partial charge in [0.05, 0.1) is 0 Å². The van der Waals surface area contributed by atoms with Crippen molar-refractivity contribution in [1.29, 1.82) is 0 Å². The molecule has 3 heteroatoms. The van der Waals surface area contributed by atoms with Crippen LogP contribution in [0.1, 0.15) is 11.1 Å². The molecule has 1 heterocycles. The lowest BCUT2D eigenvalue weighted by Gasteiger charge is -2.04. The topological polar surface area (TPSA) is 0 Å². The molecule has 0 aliphatic carbocycles. The van der Waals surface area contributed by atoms with E-state index in [-0.39, 0.29) is 0 Å². The Labute approximate surface area is 100 Å². The van der Waals surface area contributed by atoms with Gasteiger partial charge in [-0.15, -0.1) is 22.9 Å². The van der Waals surface area contributed by atoms with Crippen LogP contribution >= 0.6 is 45.5 Å². The Hall–Kier alpha value is 0.200. The van der Waals surface area contributed by atoms with Gasteiger partial charge in [-0.1, -0.05) is 6.07 Å². The van der Waals surface area contributed by atoms with Gasteiger partial charge in [-0.05, 0) is 52.1 Å². The van der Waals surface area contributed by atoms with Crippen LogP contribution in [0.2, 0.25) is 0 Å². The highest BCUT2D eigenvalue weighted by Gasteiger charge is 2.07. The van der Waals surface area contributed by atoms with Gasteiger partial charge in [0.1, 0.15) is 0 Å². The Balaban J connectivity index is 2.87. The summed E-state index contributed by atoms with van der Waals surface area (Å²) in [7, 11) is 0. The van der Waals surface area contributed by atoms with Gasteiger partial charge in [-0.25, -0.2) is 0 Å². The molecule has 0 radical (unpaired) electrons. The van der Waals surface area contributed by atoms with E-state index in [0.29, 0.717) is 5.88 Å². The smallest absolute Gasteiger partial charge is 0.0488 e. The second kappa shape index (κ2) is 3.75. The molecule has 0 fully saturated rings. The number of hydrogen-bond acceptors (Lipinski definition) is 1. The SMILES string of the molecule is Cc1cc(CCl)c2sccc2c1I. The zero-order valence-corrected chi connectivity index (χ0v) is 10.8. The maximum Gasteiger partial charge on any atom is 0.0488 e. The van der Waals surface area contributed by atoms with Gasteiger partial charge in [0.25, 0.3) is 0 Å². The molecule has 0 amide bonds. The van der Waals surface area contributed by atoms with Gasteiger partial charge in [-0.3, -0.25) is 0 Å². The van der Waals surface area contributed by atoms with E-state index in [1.165, 1.54) is 24.8 Å². The second-order valence-electron chi connectivity index (χ2n) is 2.96. The highest BCUT2D eigenvalue weighted by atomic mass is 127. The minimum atomic E-state index is 0.606. The summed E-state index contributed by atoms with van der Waals surface area (Å²) in [6, 6.07) is 4.36. The fourth-order valence-electron chi connectivity index (χ4n) is 1.43. The van der Waals surface area contributed by atoms with Gasteiger partial charge in [0, 0.05) is 19.5 Å². The monoisotopic (exact) mass is 322 g/mol. The van der Waals surface area contributed by atoms with E-state index in [0.717, 1.165) is 0 Å². The lowest BCUT2D eigenvalue weighted by atomic mass is 10.1. The minimum Gasteiger partial charge on any atom is -0.143 e. The van der Waals surface area contributed by atoms with Crippen molar-refractivity contribution in [3.8, 4) is 0 Å². The van der Waals surface area contributed by atoms with Crippen molar-refractivity contribution >= 4 is 55.6 Å². The van der Waals surface area contributed by atoms with Crippen molar-refractivity contribution in [2.24, 2.45) is 0 Å². The molecule has 0 saturated carbocycles. The van der Waals surface area contributed by atoms with Crippen LogP contribution in [0.4, 0.5) is 0 Å². The number of benzene rings is 1. The maximum atomic E-state index is 5.89. The summed E-state index contributed by atoms with van der Waals surface area (Å²) in [6.07, 6.45) is 0. The van der Waals surface area contributed by atoms with Crippen LogP contribution in [0.5, 0.6) is 0 Å². The third-order valence-corrected chi connectivity index (χ3v) is 4.78. The lowest BCUT2D eigenvalue weighted by Crippen LogP contribution is -1.85. The summed E-state index contributed by atoms with van der Waals surface area (Å²) in [5.74, 6) is 0.606. The van der Waals surface area contributed by atoms with Crippen LogP contribution in [-0.4, -0.2) is 0 Å². The Kier molecular flexibility index (Phi) is 2.81. The number of aryl methyl sites for hydroxylation is 1. The van der Waals surface area contributed by atoms with Gasteiger partial charge < -0.3 is 0 Å². The summed E-state index contributed by atoms with van der Waals surface area (Å²) >= 11 is 10.1. The predicted molar refractivity (Wildman–Crippen MR) is 68.8 cm³/mol. The van der Waals surface area contributed by atoms with Crippen LogP contribution in [0.3, 0.4) is 0 Å². The van der Waals surface area contributed by atoms with Crippen molar-refractivity contribution in [2.45, 2.75) is 12.8 Å². The lowest BCUT2D eigenvalue weighted by molar-refractivity contribution is 1.38. The first-order chi connectivity index (χ1) is 6.24. The van der Waals surface area contributed by atoms with E-state index in [9.17, 15) is 0 Å². The van der Waals surface area contributed by atoms with Crippen molar-refractivity contribution in [3.05, 3.63) is 32.2 Å². The van der Waals surface area contributed by atoms with Gasteiger partial charge in [-0.2, -0.15) is 0 Å². The number of hydrogen-bond donors (Lipinski definition) is 0. The molecule has 68 valence electrons. The zero-order chi connectivity index (χ0) is 9.42. The summed E-state index contributed by atoms with van der Waals surface area (Å²) in [5, 5.41) is 3.48. The number of thiophene rings is 1. The minimum absolute atomic E-state index is 0.606. The summed E-state index contributed by atoms with van der Waals surface area (Å²) in [4.78, 5) is 0. The number of halogens is 2. The van der Waals surface area contributed by atoms with E-state index in [1.807, 2.05) is 0 Å². The number of alkyl halides is 1. The van der Waals surface area contributed by atoms with Crippen LogP contribution in [0.25, 0.3) is 10.1 Å². The average Bonchev–Trinajstić information content (AvgIpc) is 2.60. The largest absolute Gasteiger partial charge is 0.143 e. The molecule has 2 aromatic rings. The second-order valence-corrected chi connectivity index (χ2v) is 5.23. The predicted octanol–water partition coefficient (Wildman–Crippen LogP) is 4.55. The van der Waals surface area contributed by atoms with E-state index in [1.54, 1.807) is 11.3 Å². The molecule has 1 aromatic carbocycles. The summed E-state index contributed by atoms with van der Waals surface area (Å²) < 4.78 is 2.69. The standard InChI is InChI=1S/C10H8ClIS/c1-6-4-7(5-11)10-8(9(6)12)2-3-13-10/h2-4H,5H2,1H3. The first kappa shape index (κ1) is 9.74. The van der Waals surface area contributed by atoms with E-state index < -0.39 is 0 Å². The Bertz CT molecular complexity index is 447. The van der Waals surface area contributed by atoms with E-state index >= 15 is 0 Å². The van der Waals surface area contributed by atoms with Crippen LogP contribution < -0.4 is 0 Å². The van der Waals surface area contributed by atoms with E-state index in [2.05, 4.69) is 47.0 Å². The molecular weight excluding hydrogens is 315 g/mol. The van der Waals surface area contributed by atoms with Crippen molar-refractivity contribution < 1.29 is 0 Å². The number of fused-ring (bicyclic) bond motifs is 1. The van der Waals surface area contributed by atoms with Crippen LogP contribution in [-0.2, 0) is 5.88 Å². The van der Waals surface area contributed by atoms with Crippen LogP contribution in [0, 0.1) is 10.5 Å². The molecule has 0 aliphatic heterocycles. The molecule has 0 nitrogen and oxygen atoms in total. The zero-order valence-electron chi connectivity index (χ0n) is 7.10.